The molecule has 0 aliphatic carbocycles. The zero-order valence-corrected chi connectivity index (χ0v) is 41.8. The number of hydrogen-bond acceptors (Lipinski definition) is 10. The van der Waals surface area contributed by atoms with Crippen LogP contribution >= 0.6 is 0 Å². The Balaban J connectivity index is 3.03. The molecule has 7 N–H and O–H groups in total. The summed E-state index contributed by atoms with van der Waals surface area (Å²) in [7, 11) is 1.83. The number of unbranched alkanes of at least 4 members (excludes halogenated alkanes) is 2. The average molecular weight is 923 g/mol. The van der Waals surface area contributed by atoms with E-state index < -0.39 is 42.8 Å². The predicted molar refractivity (Wildman–Crippen MR) is 267 cm³/mol. The predicted octanol–water partition coefficient (Wildman–Crippen LogP) is 9.01. The first-order chi connectivity index (χ1) is 31.5. The van der Waals surface area contributed by atoms with Gasteiger partial charge in [-0.15, -0.1) is 0 Å². The lowest BCUT2D eigenvalue weighted by atomic mass is 9.92. The van der Waals surface area contributed by atoms with E-state index in [9.17, 15) is 24.9 Å². The van der Waals surface area contributed by atoms with Crippen molar-refractivity contribution < 1.29 is 43.9 Å². The highest BCUT2D eigenvalue weighted by Gasteiger charge is 2.49. The van der Waals surface area contributed by atoms with Crippen LogP contribution in [-0.2, 0) is 28.5 Å². The summed E-state index contributed by atoms with van der Waals surface area (Å²) in [5.74, 6) is 0.303. The Morgan fingerprint density at radius 1 is 0.803 bits per heavy atom. The Kier molecular flexibility index (Phi) is 31.3. The third-order valence-electron chi connectivity index (χ3n) is 10.9. The van der Waals surface area contributed by atoms with E-state index in [1.54, 1.807) is 24.0 Å². The van der Waals surface area contributed by atoms with Crippen LogP contribution in [0.3, 0.4) is 0 Å². The van der Waals surface area contributed by atoms with Crippen LogP contribution in [0, 0.1) is 23.2 Å². The molecule has 1 saturated heterocycles. The quantitative estimate of drug-likeness (QED) is 0.00567. The molecule has 0 saturated carbocycles. The number of esters is 1. The molecule has 9 unspecified atom stereocenters. The van der Waals surface area contributed by atoms with Gasteiger partial charge in [-0.1, -0.05) is 127 Å². The standard InChI is InChI=1S/C53H86N4O9/c1-11-28-44(63-35-12-2)43(9)56-50(61)41(7)33-26-18-16-14-15-17-25-32-40(6)48(65-52-47(60)45(58)46(59)49(66-52)51(62)64-36-13-3)42(8)37-39(5)31-24-21-23-30-38(4)29-22-19-20-27-34-57(10)53(54)55/h14-19,22-23,25-26,30,32-33,37-40,45-49,52,58-60H,11-13,20-21,24,27-29,31,34-36H2,1-10H3,(H3,54,55)(H,56,61)/b16-14+,17-15+,22-19+,26-18+,30-23+,32-25+,41-33+,42-37+,44-43-. The zero-order valence-electron chi connectivity index (χ0n) is 41.8. The van der Waals surface area contributed by atoms with E-state index in [4.69, 9.17) is 30.1 Å². The van der Waals surface area contributed by atoms with Gasteiger partial charge in [0.05, 0.1) is 25.0 Å². The summed E-state index contributed by atoms with van der Waals surface area (Å²) >= 11 is 0. The van der Waals surface area contributed by atoms with Gasteiger partial charge in [-0.25, -0.2) is 4.79 Å². The molecular weight excluding hydrogens is 837 g/mol. The summed E-state index contributed by atoms with van der Waals surface area (Å²) in [6, 6.07) is 0. The Labute approximate surface area is 397 Å². The molecule has 13 heteroatoms. The molecular formula is C53H86N4O9. The average Bonchev–Trinajstić information content (AvgIpc) is 3.28. The van der Waals surface area contributed by atoms with E-state index in [1.165, 1.54) is 0 Å². The highest BCUT2D eigenvalue weighted by Crippen LogP contribution is 2.29. The first-order valence-corrected chi connectivity index (χ1v) is 24.0. The summed E-state index contributed by atoms with van der Waals surface area (Å²) in [6.07, 6.45) is 28.2. The number of nitrogens with one attached hydrogen (secondary N) is 2. The minimum Gasteiger partial charge on any atom is -0.496 e. The van der Waals surface area contributed by atoms with Crippen molar-refractivity contribution in [3.63, 3.8) is 0 Å². The van der Waals surface area contributed by atoms with Gasteiger partial charge in [-0.2, -0.15) is 0 Å². The number of aliphatic hydroxyl groups excluding tert-OH is 3. The van der Waals surface area contributed by atoms with Gasteiger partial charge < -0.3 is 50.2 Å². The van der Waals surface area contributed by atoms with Gasteiger partial charge in [-0.05, 0) is 96.0 Å². The summed E-state index contributed by atoms with van der Waals surface area (Å²) in [5, 5.41) is 42.7. The van der Waals surface area contributed by atoms with Crippen LogP contribution in [0.15, 0.2) is 108 Å². The van der Waals surface area contributed by atoms with Crippen molar-refractivity contribution in [3.8, 4) is 0 Å². The highest BCUT2D eigenvalue weighted by molar-refractivity contribution is 5.94. The normalized spacial score (nSPS) is 22.1. The summed E-state index contributed by atoms with van der Waals surface area (Å²) < 4.78 is 23.3. The molecule has 1 aliphatic heterocycles. The fourth-order valence-electron chi connectivity index (χ4n) is 6.91. The van der Waals surface area contributed by atoms with Crippen LogP contribution < -0.4 is 11.1 Å². The molecule has 1 heterocycles. The smallest absolute Gasteiger partial charge is 0.338 e. The van der Waals surface area contributed by atoms with Gasteiger partial charge >= 0.3 is 5.97 Å². The van der Waals surface area contributed by atoms with Crippen LogP contribution in [-0.4, -0.2) is 102 Å². The number of nitrogens with zero attached hydrogens (tertiary/aromatic N) is 1. The number of ether oxygens (including phenoxy) is 4. The monoisotopic (exact) mass is 923 g/mol. The number of amides is 1. The summed E-state index contributed by atoms with van der Waals surface area (Å²) in [6.45, 7) is 19.4. The fourth-order valence-corrected chi connectivity index (χ4v) is 6.91. The third kappa shape index (κ3) is 24.3. The van der Waals surface area contributed by atoms with E-state index >= 15 is 0 Å². The Bertz CT molecular complexity index is 1710. The van der Waals surface area contributed by atoms with Gasteiger partial charge in [-0.3, -0.25) is 10.2 Å². The molecule has 0 aromatic carbocycles. The Morgan fingerprint density at radius 2 is 1.44 bits per heavy atom. The number of guanidine groups is 1. The number of carbonyl (C=O) groups excluding carboxylic acids is 2. The van der Waals surface area contributed by atoms with Gasteiger partial charge in [0.2, 0.25) is 0 Å². The number of nitrogens with two attached hydrogens (primary N) is 1. The first-order valence-electron chi connectivity index (χ1n) is 24.0. The van der Waals surface area contributed by atoms with E-state index in [2.05, 4.69) is 63.4 Å². The van der Waals surface area contributed by atoms with E-state index in [1.807, 2.05) is 77.3 Å². The Hall–Kier alpha value is -4.53. The van der Waals surface area contributed by atoms with Crippen LogP contribution in [0.25, 0.3) is 0 Å². The number of aliphatic hydroxyl groups is 3. The maximum atomic E-state index is 12.8. The van der Waals surface area contributed by atoms with E-state index in [-0.39, 0.29) is 30.3 Å². The second-order valence-electron chi connectivity index (χ2n) is 17.4. The van der Waals surface area contributed by atoms with E-state index in [0.717, 1.165) is 81.4 Å². The Morgan fingerprint density at radius 3 is 2.09 bits per heavy atom. The molecule has 1 amide bonds. The summed E-state index contributed by atoms with van der Waals surface area (Å²) in [4.78, 5) is 27.2. The van der Waals surface area contributed by atoms with Crippen molar-refractivity contribution in [1.82, 2.24) is 10.2 Å². The van der Waals surface area contributed by atoms with Crippen molar-refractivity contribution in [2.75, 3.05) is 26.8 Å². The molecule has 9 atom stereocenters. The highest BCUT2D eigenvalue weighted by atomic mass is 16.7. The number of carbonyl (C=O) groups is 2. The SMILES string of the molecule is CCCOC(=O)C1OC(OC(/C(C)=C/C(C)CCC/C=C/C(C)C/C=C/CCCN(C)C(=N)N)C(C)/C=C/C=C/C=C/C=C/C=C(\C)C(=O)N/C(C)=C(/CCC)OCCC)C(O)C(O)C1O. The lowest BCUT2D eigenvalue weighted by Gasteiger charge is -2.41. The lowest BCUT2D eigenvalue weighted by molar-refractivity contribution is -0.304. The molecule has 0 bridgehead atoms. The number of rotatable bonds is 31. The maximum Gasteiger partial charge on any atom is 0.338 e. The molecule has 0 radical (unpaired) electrons. The van der Waals surface area contributed by atoms with Gasteiger partial charge in [0.25, 0.3) is 5.91 Å². The zero-order chi connectivity index (χ0) is 49.4. The van der Waals surface area contributed by atoms with Crippen LogP contribution in [0.5, 0.6) is 0 Å². The van der Waals surface area contributed by atoms with E-state index in [0.29, 0.717) is 24.5 Å². The lowest BCUT2D eigenvalue weighted by Crippen LogP contribution is -2.61. The second kappa shape index (κ2) is 34.7. The van der Waals surface area contributed by atoms with Crippen molar-refractivity contribution >= 4 is 17.8 Å². The fraction of sp³-hybridized carbons (Fsp3) is 0.604. The van der Waals surface area contributed by atoms with Crippen molar-refractivity contribution in [2.45, 2.75) is 163 Å². The van der Waals surface area contributed by atoms with Crippen LogP contribution in [0.4, 0.5) is 0 Å². The number of hydrogen-bond donors (Lipinski definition) is 6. The summed E-state index contributed by atoms with van der Waals surface area (Å²) in [5.41, 5.74) is 7.70. The van der Waals surface area contributed by atoms with Crippen molar-refractivity contribution in [2.24, 2.45) is 23.5 Å². The molecule has 1 fully saturated rings. The molecule has 372 valence electrons. The van der Waals surface area contributed by atoms with Gasteiger partial charge in [0.1, 0.15) is 24.1 Å². The second-order valence-corrected chi connectivity index (χ2v) is 17.4. The molecule has 0 aromatic rings. The van der Waals surface area contributed by atoms with Crippen LogP contribution in [0.2, 0.25) is 0 Å². The molecule has 0 spiro atoms. The third-order valence-corrected chi connectivity index (χ3v) is 10.9. The maximum absolute atomic E-state index is 12.8. The van der Waals surface area contributed by atoms with Crippen molar-refractivity contribution in [1.29, 1.82) is 5.41 Å². The largest absolute Gasteiger partial charge is 0.496 e. The first kappa shape index (κ1) is 59.5. The van der Waals surface area contributed by atoms with Crippen molar-refractivity contribution in [3.05, 3.63) is 108 Å². The number of allylic oxidation sites excluding steroid dienone is 15. The minimum atomic E-state index is -1.69. The van der Waals surface area contributed by atoms with Gasteiger partial charge in [0, 0.05) is 31.5 Å². The van der Waals surface area contributed by atoms with Gasteiger partial charge in [0.15, 0.2) is 18.4 Å². The molecule has 13 nitrogen and oxygen atoms in total. The molecule has 66 heavy (non-hydrogen) atoms. The molecule has 1 rings (SSSR count). The van der Waals surface area contributed by atoms with Crippen LogP contribution in [0.1, 0.15) is 127 Å². The minimum absolute atomic E-state index is 0.0917. The molecule has 1 aliphatic rings. The molecule has 0 aromatic heterocycles. The topological polar surface area (TPSA) is 197 Å².